The zero-order valence-corrected chi connectivity index (χ0v) is 17.5. The van der Waals surface area contributed by atoms with E-state index in [-0.39, 0.29) is 28.0 Å². The van der Waals surface area contributed by atoms with Gasteiger partial charge in [0, 0.05) is 17.4 Å². The molecule has 4 atom stereocenters. The summed E-state index contributed by atoms with van der Waals surface area (Å²) in [7, 11) is 1.07. The third-order valence-corrected chi connectivity index (χ3v) is 6.32. The van der Waals surface area contributed by atoms with Crippen LogP contribution in [0.5, 0.6) is 5.75 Å². The van der Waals surface area contributed by atoms with Crippen LogP contribution in [0, 0.1) is 34.7 Å². The number of nitrogens with zero attached hydrogens (tertiary/aromatic N) is 2. The predicted octanol–water partition coefficient (Wildman–Crippen LogP) is 5.67. The highest BCUT2D eigenvalue weighted by atomic mass is 19.4. The fourth-order valence-corrected chi connectivity index (χ4v) is 4.36. The fourth-order valence-electron chi connectivity index (χ4n) is 4.36. The van der Waals surface area contributed by atoms with E-state index in [4.69, 9.17) is 9.47 Å². The first-order chi connectivity index (χ1) is 15.4. The van der Waals surface area contributed by atoms with Crippen molar-refractivity contribution >= 4 is 11.0 Å². The quantitative estimate of drug-likeness (QED) is 0.502. The molecular weight excluding hydrogens is 452 g/mol. The molecular formula is C22H17F6N3O2. The van der Waals surface area contributed by atoms with Crippen molar-refractivity contribution in [1.29, 1.82) is 5.26 Å². The second-order valence-electron chi connectivity index (χ2n) is 7.99. The minimum Gasteiger partial charge on any atom is -0.493 e. The number of benzene rings is 2. The molecule has 1 N–H and O–H groups in total. The van der Waals surface area contributed by atoms with Gasteiger partial charge >= 0.3 is 6.18 Å². The number of H-pyrrole nitrogens is 1. The first-order valence-corrected chi connectivity index (χ1v) is 9.79. The number of alkyl halides is 3. The summed E-state index contributed by atoms with van der Waals surface area (Å²) in [6.45, 7) is 2.14. The minimum atomic E-state index is -4.82. The summed E-state index contributed by atoms with van der Waals surface area (Å²) < 4.78 is 95.0. The van der Waals surface area contributed by atoms with Crippen LogP contribution < -0.4 is 4.74 Å². The highest BCUT2D eigenvalue weighted by Gasteiger charge is 2.65. The van der Waals surface area contributed by atoms with Gasteiger partial charge in [0.1, 0.15) is 34.9 Å². The Kier molecular flexibility index (Phi) is 5.32. The number of rotatable bonds is 3. The van der Waals surface area contributed by atoms with Gasteiger partial charge in [0.15, 0.2) is 17.2 Å². The van der Waals surface area contributed by atoms with Crippen LogP contribution in [0.25, 0.3) is 11.0 Å². The van der Waals surface area contributed by atoms with E-state index in [0.717, 1.165) is 32.2 Å². The van der Waals surface area contributed by atoms with Gasteiger partial charge in [-0.25, -0.2) is 13.8 Å². The first kappa shape index (κ1) is 22.9. The summed E-state index contributed by atoms with van der Waals surface area (Å²) in [4.78, 5) is 6.94. The van der Waals surface area contributed by atoms with Crippen LogP contribution in [-0.4, -0.2) is 28.9 Å². The molecule has 1 aliphatic heterocycles. The van der Waals surface area contributed by atoms with E-state index in [1.54, 1.807) is 6.07 Å². The summed E-state index contributed by atoms with van der Waals surface area (Å²) in [6.07, 6.45) is -6.24. The molecule has 2 heterocycles. The van der Waals surface area contributed by atoms with Gasteiger partial charge < -0.3 is 14.5 Å². The average molecular weight is 469 g/mol. The van der Waals surface area contributed by atoms with E-state index < -0.39 is 52.9 Å². The third kappa shape index (κ3) is 3.31. The lowest BCUT2D eigenvalue weighted by Gasteiger charge is -2.32. The maximum atomic E-state index is 14.4. The zero-order valence-electron chi connectivity index (χ0n) is 17.5. The molecule has 1 fully saturated rings. The van der Waals surface area contributed by atoms with Crippen molar-refractivity contribution in [3.8, 4) is 11.8 Å². The van der Waals surface area contributed by atoms with E-state index in [0.29, 0.717) is 0 Å². The molecule has 0 spiro atoms. The molecule has 174 valence electrons. The molecule has 1 aromatic heterocycles. The number of hydrogen-bond acceptors (Lipinski definition) is 4. The van der Waals surface area contributed by atoms with E-state index >= 15 is 0 Å². The van der Waals surface area contributed by atoms with Crippen molar-refractivity contribution < 1.29 is 35.8 Å². The average Bonchev–Trinajstić information content (AvgIpc) is 3.29. The molecule has 0 saturated carbocycles. The van der Waals surface area contributed by atoms with Crippen molar-refractivity contribution in [2.75, 3.05) is 7.11 Å². The van der Waals surface area contributed by atoms with Gasteiger partial charge in [-0.3, -0.25) is 0 Å². The summed E-state index contributed by atoms with van der Waals surface area (Å²) >= 11 is 0. The number of aromatic amines is 1. The van der Waals surface area contributed by atoms with Crippen molar-refractivity contribution in [3.63, 3.8) is 0 Å². The highest BCUT2D eigenvalue weighted by molar-refractivity contribution is 5.81. The monoisotopic (exact) mass is 469 g/mol. The Labute approximate surface area is 183 Å². The zero-order chi connectivity index (χ0) is 24.3. The predicted molar refractivity (Wildman–Crippen MR) is 104 cm³/mol. The van der Waals surface area contributed by atoms with Crippen LogP contribution >= 0.6 is 0 Å². The fraction of sp³-hybridized carbons (Fsp3) is 0.364. The third-order valence-electron chi connectivity index (χ3n) is 6.32. The molecule has 0 radical (unpaired) electrons. The topological polar surface area (TPSA) is 70.9 Å². The summed E-state index contributed by atoms with van der Waals surface area (Å²) in [5.41, 5.74) is -2.99. The molecule has 11 heteroatoms. The standard InChI is InChI=1S/C22H17F6N3O2/c1-9-15(10-4-5-13(24)16(25)18(10)32-3)19(33-21(9,2)22(26,27)28)20-30-14-7-6-12(23)11(8-29)17(14)31-20/h4-7,9,15,19H,1-3H3,(H,30,31)/t9-,15-,19+,21+/m0/s1. The van der Waals surface area contributed by atoms with Gasteiger partial charge in [0.05, 0.1) is 12.6 Å². The van der Waals surface area contributed by atoms with E-state index in [1.165, 1.54) is 13.0 Å². The lowest BCUT2D eigenvalue weighted by Crippen LogP contribution is -2.46. The smallest absolute Gasteiger partial charge is 0.417 e. The lowest BCUT2D eigenvalue weighted by atomic mass is 9.77. The highest BCUT2D eigenvalue weighted by Crippen LogP contribution is 2.59. The summed E-state index contributed by atoms with van der Waals surface area (Å²) in [5, 5.41) is 9.26. The van der Waals surface area contributed by atoms with Crippen LogP contribution in [0.3, 0.4) is 0 Å². The number of hydrogen-bond donors (Lipinski definition) is 1. The number of imidazole rings is 1. The van der Waals surface area contributed by atoms with Crippen molar-refractivity contribution in [3.05, 3.63) is 58.7 Å². The molecule has 0 unspecified atom stereocenters. The van der Waals surface area contributed by atoms with Gasteiger partial charge in [-0.2, -0.15) is 22.8 Å². The number of methoxy groups -OCH3 is 1. The van der Waals surface area contributed by atoms with E-state index in [2.05, 4.69) is 9.97 Å². The van der Waals surface area contributed by atoms with E-state index in [1.807, 2.05) is 0 Å². The second kappa shape index (κ2) is 7.66. The van der Waals surface area contributed by atoms with Gasteiger partial charge in [0.2, 0.25) is 5.82 Å². The Hall–Kier alpha value is -3.26. The Balaban J connectivity index is 1.95. The molecule has 4 rings (SSSR count). The molecule has 33 heavy (non-hydrogen) atoms. The molecule has 1 saturated heterocycles. The van der Waals surface area contributed by atoms with Crippen LogP contribution in [0.15, 0.2) is 24.3 Å². The van der Waals surface area contributed by atoms with Crippen LogP contribution in [0.1, 0.15) is 42.8 Å². The Morgan fingerprint density at radius 3 is 2.42 bits per heavy atom. The van der Waals surface area contributed by atoms with Crippen LogP contribution in [0.4, 0.5) is 26.3 Å². The van der Waals surface area contributed by atoms with Crippen molar-refractivity contribution in [2.24, 2.45) is 5.92 Å². The molecule has 3 aromatic rings. The Morgan fingerprint density at radius 2 is 1.82 bits per heavy atom. The van der Waals surface area contributed by atoms with E-state index in [9.17, 15) is 31.6 Å². The normalized spacial score (nSPS) is 25.4. The van der Waals surface area contributed by atoms with Crippen LogP contribution in [-0.2, 0) is 4.74 Å². The van der Waals surface area contributed by atoms with Crippen LogP contribution in [0.2, 0.25) is 0 Å². The van der Waals surface area contributed by atoms with Gasteiger partial charge in [-0.05, 0) is 25.1 Å². The number of nitriles is 1. The SMILES string of the molecule is COc1c([C@H]2[C@H](c3nc4c(C#N)c(F)ccc4[nH]3)O[C@@](C)(C(F)(F)F)[C@H]2C)ccc(F)c1F. The second-order valence-corrected chi connectivity index (χ2v) is 7.99. The van der Waals surface area contributed by atoms with Gasteiger partial charge in [-0.15, -0.1) is 0 Å². The number of ether oxygens (including phenoxy) is 2. The number of nitrogens with one attached hydrogen (secondary N) is 1. The van der Waals surface area contributed by atoms with Gasteiger partial charge in [-0.1, -0.05) is 13.0 Å². The summed E-state index contributed by atoms with van der Waals surface area (Å²) in [6, 6.07) is 5.92. The molecule has 0 aliphatic carbocycles. The minimum absolute atomic E-state index is 0.0472. The molecule has 1 aliphatic rings. The molecule has 0 bridgehead atoms. The Morgan fingerprint density at radius 1 is 1.15 bits per heavy atom. The maximum Gasteiger partial charge on any atom is 0.417 e. The number of fused-ring (bicyclic) bond motifs is 1. The van der Waals surface area contributed by atoms with Crippen molar-refractivity contribution in [2.45, 2.75) is 37.6 Å². The largest absolute Gasteiger partial charge is 0.493 e. The summed E-state index contributed by atoms with van der Waals surface area (Å²) in [5.74, 6) is -6.56. The van der Waals surface area contributed by atoms with Crippen molar-refractivity contribution in [1.82, 2.24) is 9.97 Å². The molecule has 5 nitrogen and oxygen atoms in total. The maximum absolute atomic E-state index is 14.4. The molecule has 2 aromatic carbocycles. The first-order valence-electron chi connectivity index (χ1n) is 9.79. The number of aromatic nitrogens is 2. The lowest BCUT2D eigenvalue weighted by molar-refractivity contribution is -0.275. The number of halogens is 6. The Bertz CT molecular complexity index is 1280. The van der Waals surface area contributed by atoms with Gasteiger partial charge in [0.25, 0.3) is 0 Å². The molecule has 0 amide bonds.